The zero-order valence-electron chi connectivity index (χ0n) is 9.01. The Morgan fingerprint density at radius 1 is 0.824 bits per heavy atom. The molecule has 0 aromatic heterocycles. The standard InChI is InChI=1S/C13H9Cl3O/c1-17-9-3-4-10(13(16)7-9)11-6-8(14)2-5-12(11)15/h2-7H,1H3. The molecule has 0 aliphatic carbocycles. The van der Waals surface area contributed by atoms with Crippen LogP contribution in [0.4, 0.5) is 0 Å². The Morgan fingerprint density at radius 3 is 2.24 bits per heavy atom. The van der Waals surface area contributed by atoms with E-state index in [2.05, 4.69) is 0 Å². The van der Waals surface area contributed by atoms with Gasteiger partial charge in [-0.3, -0.25) is 0 Å². The fourth-order valence-electron chi connectivity index (χ4n) is 1.55. The van der Waals surface area contributed by atoms with Gasteiger partial charge in [-0.25, -0.2) is 0 Å². The van der Waals surface area contributed by atoms with Gasteiger partial charge in [0.05, 0.1) is 12.1 Å². The number of ether oxygens (including phenoxy) is 1. The lowest BCUT2D eigenvalue weighted by molar-refractivity contribution is 0.415. The van der Waals surface area contributed by atoms with Crippen LogP contribution in [-0.2, 0) is 0 Å². The zero-order chi connectivity index (χ0) is 12.4. The van der Waals surface area contributed by atoms with E-state index in [-0.39, 0.29) is 0 Å². The molecule has 2 rings (SSSR count). The van der Waals surface area contributed by atoms with Gasteiger partial charge in [0, 0.05) is 21.2 Å². The number of benzene rings is 2. The number of hydrogen-bond donors (Lipinski definition) is 0. The first kappa shape index (κ1) is 12.6. The van der Waals surface area contributed by atoms with Gasteiger partial charge in [-0.1, -0.05) is 34.8 Å². The molecule has 0 aliphatic heterocycles. The first-order valence-corrected chi connectivity index (χ1v) is 6.04. The minimum Gasteiger partial charge on any atom is -0.497 e. The minimum atomic E-state index is 0.577. The van der Waals surface area contributed by atoms with Gasteiger partial charge in [0.2, 0.25) is 0 Å². The molecule has 0 N–H and O–H groups in total. The lowest BCUT2D eigenvalue weighted by atomic mass is 10.1. The third kappa shape index (κ3) is 2.68. The highest BCUT2D eigenvalue weighted by molar-refractivity contribution is 6.37. The molecule has 0 atom stereocenters. The molecule has 88 valence electrons. The monoisotopic (exact) mass is 286 g/mol. The molecule has 0 bridgehead atoms. The van der Waals surface area contributed by atoms with E-state index in [1.807, 2.05) is 12.1 Å². The van der Waals surface area contributed by atoms with Crippen molar-refractivity contribution in [2.45, 2.75) is 0 Å². The van der Waals surface area contributed by atoms with Crippen molar-refractivity contribution < 1.29 is 4.74 Å². The van der Waals surface area contributed by atoms with Crippen LogP contribution in [0.15, 0.2) is 36.4 Å². The molecule has 0 saturated carbocycles. The summed E-state index contributed by atoms with van der Waals surface area (Å²) in [7, 11) is 1.59. The average Bonchev–Trinajstić information content (AvgIpc) is 2.32. The van der Waals surface area contributed by atoms with E-state index < -0.39 is 0 Å². The second-order valence-electron chi connectivity index (χ2n) is 3.47. The number of halogens is 3. The molecular formula is C13H9Cl3O. The highest BCUT2D eigenvalue weighted by Crippen LogP contribution is 2.36. The molecule has 0 spiro atoms. The van der Waals surface area contributed by atoms with Crippen LogP contribution in [0.5, 0.6) is 5.75 Å². The first-order chi connectivity index (χ1) is 8.11. The largest absolute Gasteiger partial charge is 0.497 e. The summed E-state index contributed by atoms with van der Waals surface area (Å²) in [4.78, 5) is 0. The quantitative estimate of drug-likeness (QED) is 0.726. The van der Waals surface area contributed by atoms with Crippen molar-refractivity contribution in [3.8, 4) is 16.9 Å². The molecule has 0 fully saturated rings. The van der Waals surface area contributed by atoms with Crippen molar-refractivity contribution in [1.29, 1.82) is 0 Å². The van der Waals surface area contributed by atoms with Gasteiger partial charge in [0.15, 0.2) is 0 Å². The summed E-state index contributed by atoms with van der Waals surface area (Å²) in [5.74, 6) is 0.705. The summed E-state index contributed by atoms with van der Waals surface area (Å²) in [6.07, 6.45) is 0. The van der Waals surface area contributed by atoms with E-state index in [9.17, 15) is 0 Å². The Balaban J connectivity index is 2.56. The Bertz CT molecular complexity index is 552. The van der Waals surface area contributed by atoms with E-state index in [0.29, 0.717) is 20.8 Å². The highest BCUT2D eigenvalue weighted by Gasteiger charge is 2.09. The van der Waals surface area contributed by atoms with Crippen LogP contribution in [0.1, 0.15) is 0 Å². The third-order valence-electron chi connectivity index (χ3n) is 2.39. The van der Waals surface area contributed by atoms with Gasteiger partial charge in [-0.15, -0.1) is 0 Å². The fourth-order valence-corrected chi connectivity index (χ4v) is 2.21. The van der Waals surface area contributed by atoms with Crippen LogP contribution in [0.25, 0.3) is 11.1 Å². The molecule has 0 saturated heterocycles. The van der Waals surface area contributed by atoms with Crippen molar-refractivity contribution >= 4 is 34.8 Å². The molecule has 2 aromatic carbocycles. The lowest BCUT2D eigenvalue weighted by Gasteiger charge is -2.09. The summed E-state index contributed by atoms with van der Waals surface area (Å²) in [6, 6.07) is 10.7. The Hall–Kier alpha value is -0.890. The molecule has 2 aromatic rings. The second kappa shape index (κ2) is 5.18. The van der Waals surface area contributed by atoms with Gasteiger partial charge >= 0.3 is 0 Å². The van der Waals surface area contributed by atoms with Gasteiger partial charge in [-0.2, -0.15) is 0 Å². The van der Waals surface area contributed by atoms with Crippen LogP contribution >= 0.6 is 34.8 Å². The van der Waals surface area contributed by atoms with Crippen molar-refractivity contribution in [2.24, 2.45) is 0 Å². The van der Waals surface area contributed by atoms with Gasteiger partial charge < -0.3 is 4.74 Å². The lowest BCUT2D eigenvalue weighted by Crippen LogP contribution is -1.85. The van der Waals surface area contributed by atoms with E-state index in [1.54, 1.807) is 31.4 Å². The Labute approximate surface area is 115 Å². The topological polar surface area (TPSA) is 9.23 Å². The average molecular weight is 288 g/mol. The van der Waals surface area contributed by atoms with Gasteiger partial charge in [0.25, 0.3) is 0 Å². The molecule has 0 amide bonds. The Morgan fingerprint density at radius 2 is 1.59 bits per heavy atom. The van der Waals surface area contributed by atoms with Gasteiger partial charge in [-0.05, 0) is 36.4 Å². The van der Waals surface area contributed by atoms with Crippen molar-refractivity contribution in [3.63, 3.8) is 0 Å². The minimum absolute atomic E-state index is 0.577. The maximum Gasteiger partial charge on any atom is 0.120 e. The fraction of sp³-hybridized carbons (Fsp3) is 0.0769. The second-order valence-corrected chi connectivity index (χ2v) is 4.72. The predicted molar refractivity (Wildman–Crippen MR) is 73.5 cm³/mol. The van der Waals surface area contributed by atoms with Crippen molar-refractivity contribution in [3.05, 3.63) is 51.5 Å². The highest BCUT2D eigenvalue weighted by atomic mass is 35.5. The normalized spacial score (nSPS) is 10.4. The molecule has 0 heterocycles. The summed E-state index contributed by atoms with van der Waals surface area (Å²) in [5.41, 5.74) is 1.65. The summed E-state index contributed by atoms with van der Waals surface area (Å²) < 4.78 is 5.10. The van der Waals surface area contributed by atoms with Crippen LogP contribution in [0.3, 0.4) is 0 Å². The maximum absolute atomic E-state index is 6.19. The van der Waals surface area contributed by atoms with Crippen molar-refractivity contribution in [1.82, 2.24) is 0 Å². The van der Waals surface area contributed by atoms with E-state index >= 15 is 0 Å². The molecular weight excluding hydrogens is 279 g/mol. The predicted octanol–water partition coefficient (Wildman–Crippen LogP) is 5.32. The summed E-state index contributed by atoms with van der Waals surface area (Å²) >= 11 is 18.3. The van der Waals surface area contributed by atoms with E-state index in [0.717, 1.165) is 11.1 Å². The Kier molecular flexibility index (Phi) is 3.82. The molecule has 4 heteroatoms. The maximum atomic E-state index is 6.19. The molecule has 17 heavy (non-hydrogen) atoms. The zero-order valence-corrected chi connectivity index (χ0v) is 11.3. The van der Waals surface area contributed by atoms with Gasteiger partial charge in [0.1, 0.15) is 5.75 Å². The SMILES string of the molecule is COc1ccc(-c2cc(Cl)ccc2Cl)c(Cl)c1. The van der Waals surface area contributed by atoms with Crippen LogP contribution < -0.4 is 4.74 Å². The van der Waals surface area contributed by atoms with E-state index in [4.69, 9.17) is 39.5 Å². The molecule has 1 nitrogen and oxygen atoms in total. The van der Waals surface area contributed by atoms with E-state index in [1.165, 1.54) is 0 Å². The smallest absolute Gasteiger partial charge is 0.120 e. The number of rotatable bonds is 2. The van der Waals surface area contributed by atoms with Crippen LogP contribution in [0, 0.1) is 0 Å². The number of hydrogen-bond acceptors (Lipinski definition) is 1. The summed E-state index contributed by atoms with van der Waals surface area (Å²) in [5, 5.41) is 1.81. The molecule has 0 radical (unpaired) electrons. The molecule has 0 aliphatic rings. The summed E-state index contributed by atoms with van der Waals surface area (Å²) in [6.45, 7) is 0. The van der Waals surface area contributed by atoms with Crippen LogP contribution in [-0.4, -0.2) is 7.11 Å². The first-order valence-electron chi connectivity index (χ1n) is 4.91. The molecule has 0 unspecified atom stereocenters. The number of methoxy groups -OCH3 is 1. The van der Waals surface area contributed by atoms with Crippen molar-refractivity contribution in [2.75, 3.05) is 7.11 Å². The van der Waals surface area contributed by atoms with Crippen LogP contribution in [0.2, 0.25) is 15.1 Å². The third-order valence-corrected chi connectivity index (χ3v) is 3.27.